The van der Waals surface area contributed by atoms with E-state index in [1.165, 1.54) is 25.1 Å². The lowest BCUT2D eigenvalue weighted by molar-refractivity contribution is -0.386. The highest BCUT2D eigenvalue weighted by Gasteiger charge is 2.21. The molecule has 6 nitrogen and oxygen atoms in total. The number of aryl methyl sites for hydroxylation is 1. The lowest BCUT2D eigenvalue weighted by Gasteiger charge is -1.95. The molecule has 2 aromatic rings. The van der Waals surface area contributed by atoms with Gasteiger partial charge in [-0.3, -0.25) is 10.1 Å². The first-order valence-corrected chi connectivity index (χ1v) is 5.16. The molecule has 0 aliphatic rings. The molecule has 1 aromatic heterocycles. The summed E-state index contributed by atoms with van der Waals surface area (Å²) < 4.78 is 4.86. The van der Waals surface area contributed by atoms with E-state index in [4.69, 9.17) is 4.52 Å². The third-order valence-electron chi connectivity index (χ3n) is 2.39. The summed E-state index contributed by atoms with van der Waals surface area (Å²) in [5.41, 5.74) is 0.597. The number of benzene rings is 1. The normalized spacial score (nSPS) is 10.9. The molecule has 1 heterocycles. The van der Waals surface area contributed by atoms with Crippen molar-refractivity contribution in [3.8, 4) is 5.75 Å². The summed E-state index contributed by atoms with van der Waals surface area (Å²) in [6, 6.07) is 6.65. The molecule has 0 atom stereocenters. The topological polar surface area (TPSA) is 89.4 Å². The second-order valence-corrected chi connectivity index (χ2v) is 3.63. The van der Waals surface area contributed by atoms with Gasteiger partial charge in [-0.1, -0.05) is 23.4 Å². The van der Waals surface area contributed by atoms with E-state index in [0.29, 0.717) is 5.56 Å². The van der Waals surface area contributed by atoms with Crippen molar-refractivity contribution in [1.82, 2.24) is 5.16 Å². The minimum atomic E-state index is -0.545. The summed E-state index contributed by atoms with van der Waals surface area (Å²) in [5, 5.41) is 23.9. The Hall–Kier alpha value is -2.63. The van der Waals surface area contributed by atoms with E-state index >= 15 is 0 Å². The Bertz CT molecular complexity index is 616. The number of phenolic OH excluding ortho intramolecular Hbond substituents is 1. The summed E-state index contributed by atoms with van der Waals surface area (Å²) in [5.74, 6) is 0.147. The second kappa shape index (κ2) is 4.70. The van der Waals surface area contributed by atoms with Crippen LogP contribution in [0.2, 0.25) is 0 Å². The first-order valence-electron chi connectivity index (χ1n) is 5.16. The van der Waals surface area contributed by atoms with E-state index in [0.717, 1.165) is 0 Å². The number of hydrogen-bond donors (Lipinski definition) is 1. The molecule has 0 fully saturated rings. The van der Waals surface area contributed by atoms with Crippen LogP contribution in [0.5, 0.6) is 5.75 Å². The van der Waals surface area contributed by atoms with E-state index in [-0.39, 0.29) is 22.9 Å². The molecule has 92 valence electrons. The Kier molecular flexibility index (Phi) is 3.09. The van der Waals surface area contributed by atoms with Crippen LogP contribution in [0.15, 0.2) is 28.8 Å². The average molecular weight is 246 g/mol. The monoisotopic (exact) mass is 246 g/mol. The van der Waals surface area contributed by atoms with Gasteiger partial charge >= 0.3 is 5.69 Å². The molecule has 0 amide bonds. The molecule has 6 heteroatoms. The summed E-state index contributed by atoms with van der Waals surface area (Å²) >= 11 is 0. The first-order chi connectivity index (χ1) is 8.59. The van der Waals surface area contributed by atoms with Crippen molar-refractivity contribution in [3.63, 3.8) is 0 Å². The second-order valence-electron chi connectivity index (χ2n) is 3.63. The molecule has 0 unspecified atom stereocenters. The van der Waals surface area contributed by atoms with E-state index < -0.39 is 4.92 Å². The van der Waals surface area contributed by atoms with Gasteiger partial charge in [0.1, 0.15) is 5.75 Å². The number of aromatic hydroxyl groups is 1. The van der Waals surface area contributed by atoms with E-state index in [2.05, 4.69) is 5.16 Å². The zero-order valence-corrected chi connectivity index (χ0v) is 9.53. The van der Waals surface area contributed by atoms with Gasteiger partial charge in [0.05, 0.1) is 4.92 Å². The van der Waals surface area contributed by atoms with Crippen LogP contribution in [0.3, 0.4) is 0 Å². The Morgan fingerprint density at radius 1 is 1.39 bits per heavy atom. The number of nitrogens with zero attached hydrogens (tertiary/aromatic N) is 2. The molecule has 18 heavy (non-hydrogen) atoms. The third-order valence-corrected chi connectivity index (χ3v) is 2.39. The number of rotatable bonds is 3. The Labute approximate surface area is 102 Å². The molecule has 0 radical (unpaired) electrons. The van der Waals surface area contributed by atoms with Crippen LogP contribution in [-0.4, -0.2) is 15.2 Å². The smallest absolute Gasteiger partial charge is 0.338 e. The van der Waals surface area contributed by atoms with Gasteiger partial charge in [-0.2, -0.15) is 0 Å². The van der Waals surface area contributed by atoms with Gasteiger partial charge in [-0.25, -0.2) is 0 Å². The molecule has 0 aliphatic heterocycles. The van der Waals surface area contributed by atoms with Gasteiger partial charge in [-0.05, 0) is 25.1 Å². The maximum Gasteiger partial charge on any atom is 0.338 e. The molecular weight excluding hydrogens is 236 g/mol. The molecule has 0 aliphatic carbocycles. The highest BCUT2D eigenvalue weighted by molar-refractivity contribution is 5.73. The zero-order chi connectivity index (χ0) is 13.1. The summed E-state index contributed by atoms with van der Waals surface area (Å²) in [7, 11) is 0. The Morgan fingerprint density at radius 2 is 2.11 bits per heavy atom. The molecule has 0 bridgehead atoms. The van der Waals surface area contributed by atoms with Crippen LogP contribution in [-0.2, 0) is 0 Å². The van der Waals surface area contributed by atoms with Gasteiger partial charge < -0.3 is 9.63 Å². The van der Waals surface area contributed by atoms with E-state index in [1.807, 2.05) is 0 Å². The van der Waals surface area contributed by atoms with Crippen molar-refractivity contribution in [2.45, 2.75) is 6.92 Å². The minimum Gasteiger partial charge on any atom is -0.507 e. The summed E-state index contributed by atoms with van der Waals surface area (Å²) in [4.78, 5) is 10.3. The number of aromatic nitrogens is 1. The lowest BCUT2D eigenvalue weighted by atomic mass is 10.1. The molecule has 0 saturated heterocycles. The highest BCUT2D eigenvalue weighted by atomic mass is 16.6. The molecule has 0 saturated carbocycles. The first kappa shape index (κ1) is 11.8. The van der Waals surface area contributed by atoms with Crippen LogP contribution in [0, 0.1) is 17.0 Å². The van der Waals surface area contributed by atoms with Crippen molar-refractivity contribution < 1.29 is 14.6 Å². The fraction of sp³-hybridized carbons (Fsp3) is 0.0833. The standard InChI is InChI=1S/C12H10N2O4/c1-8-12(14(16)17)11(18-13-8)7-6-9-4-2-3-5-10(9)15/h2-7,15H,1H3/b7-6-. The third kappa shape index (κ3) is 2.22. The summed E-state index contributed by atoms with van der Waals surface area (Å²) in [6.07, 6.45) is 2.94. The van der Waals surface area contributed by atoms with Gasteiger partial charge in [0.25, 0.3) is 0 Å². The van der Waals surface area contributed by atoms with Crippen LogP contribution >= 0.6 is 0 Å². The van der Waals surface area contributed by atoms with Crippen molar-refractivity contribution in [3.05, 3.63) is 51.4 Å². The molecule has 1 N–H and O–H groups in total. The molecule has 2 rings (SSSR count). The van der Waals surface area contributed by atoms with Crippen LogP contribution in [0.4, 0.5) is 5.69 Å². The van der Waals surface area contributed by atoms with Gasteiger partial charge in [0, 0.05) is 5.56 Å². The predicted molar refractivity (Wildman–Crippen MR) is 64.9 cm³/mol. The maximum absolute atomic E-state index is 10.8. The number of phenols is 1. The number of para-hydroxylation sites is 1. The fourth-order valence-corrected chi connectivity index (χ4v) is 1.51. The quantitative estimate of drug-likeness (QED) is 0.664. The van der Waals surface area contributed by atoms with Crippen molar-refractivity contribution >= 4 is 17.8 Å². The molecular formula is C12H10N2O4. The maximum atomic E-state index is 10.8. The van der Waals surface area contributed by atoms with Gasteiger partial charge in [-0.15, -0.1) is 0 Å². The van der Waals surface area contributed by atoms with Gasteiger partial charge in [0.15, 0.2) is 5.69 Å². The Morgan fingerprint density at radius 3 is 2.78 bits per heavy atom. The predicted octanol–water partition coefficient (Wildman–Crippen LogP) is 2.77. The summed E-state index contributed by atoms with van der Waals surface area (Å²) in [6.45, 7) is 1.50. The largest absolute Gasteiger partial charge is 0.507 e. The number of nitro groups is 1. The minimum absolute atomic E-state index is 0.0563. The average Bonchev–Trinajstić information content (AvgIpc) is 2.69. The van der Waals surface area contributed by atoms with Crippen LogP contribution < -0.4 is 0 Å². The van der Waals surface area contributed by atoms with Crippen LogP contribution in [0.25, 0.3) is 12.2 Å². The fourth-order valence-electron chi connectivity index (χ4n) is 1.51. The lowest BCUT2D eigenvalue weighted by Crippen LogP contribution is -1.90. The highest BCUT2D eigenvalue weighted by Crippen LogP contribution is 2.25. The van der Waals surface area contributed by atoms with E-state index in [1.54, 1.807) is 18.2 Å². The van der Waals surface area contributed by atoms with Crippen molar-refractivity contribution in [1.29, 1.82) is 0 Å². The zero-order valence-electron chi connectivity index (χ0n) is 9.53. The van der Waals surface area contributed by atoms with Crippen molar-refractivity contribution in [2.75, 3.05) is 0 Å². The van der Waals surface area contributed by atoms with Crippen LogP contribution in [0.1, 0.15) is 17.0 Å². The SMILES string of the molecule is Cc1noc(/C=C\c2ccccc2O)c1[N+](=O)[O-]. The Balaban J connectivity index is 2.36. The van der Waals surface area contributed by atoms with Gasteiger partial charge in [0.2, 0.25) is 5.76 Å². The van der Waals surface area contributed by atoms with Crippen molar-refractivity contribution in [2.24, 2.45) is 0 Å². The van der Waals surface area contributed by atoms with E-state index in [9.17, 15) is 15.2 Å². The molecule has 1 aromatic carbocycles. The molecule has 0 spiro atoms. The number of hydrogen-bond acceptors (Lipinski definition) is 5.